The fourth-order valence-corrected chi connectivity index (χ4v) is 4.81. The Hall–Kier alpha value is -5.92. The second kappa shape index (κ2) is 12.4. The van der Waals surface area contributed by atoms with Crippen LogP contribution in [0.5, 0.6) is 17.2 Å². The molecule has 6 rings (SSSR count). The molecule has 0 aliphatic carbocycles. The van der Waals surface area contributed by atoms with E-state index in [1.54, 1.807) is 16.7 Å². The van der Waals surface area contributed by atoms with Crippen LogP contribution in [0.3, 0.4) is 0 Å². The first kappa shape index (κ1) is 29.2. The second-order valence-corrected chi connectivity index (χ2v) is 10.1. The minimum absolute atomic E-state index is 0.0205. The monoisotopic (exact) mass is 608 g/mol. The number of benzene rings is 2. The highest BCUT2D eigenvalue weighted by Crippen LogP contribution is 2.28. The molecule has 45 heavy (non-hydrogen) atoms. The van der Waals surface area contributed by atoms with Crippen LogP contribution in [-0.2, 0) is 24.3 Å². The molecule has 13 heteroatoms. The van der Waals surface area contributed by atoms with E-state index in [2.05, 4.69) is 21.0 Å². The third-order valence-corrected chi connectivity index (χ3v) is 7.16. The molecule has 0 saturated carbocycles. The average molecular weight is 609 g/mol. The molecule has 11 nitrogen and oxygen atoms in total. The molecule has 4 heterocycles. The third-order valence-electron chi connectivity index (χ3n) is 7.16. The molecule has 0 amide bonds. The Balaban J connectivity index is 1.22. The molecular weight excluding hydrogens is 586 g/mol. The predicted octanol–water partition coefficient (Wildman–Crippen LogP) is 5.30. The zero-order valence-corrected chi connectivity index (χ0v) is 23.4. The summed E-state index contributed by atoms with van der Waals surface area (Å²) in [6.45, 7) is 0.871. The third kappa shape index (κ3) is 6.25. The fourth-order valence-electron chi connectivity index (χ4n) is 4.81. The topological polar surface area (TPSA) is 156 Å². The van der Waals surface area contributed by atoms with Gasteiger partial charge in [-0.05, 0) is 42.8 Å². The van der Waals surface area contributed by atoms with Gasteiger partial charge in [0.25, 0.3) is 0 Å². The lowest BCUT2D eigenvalue weighted by Gasteiger charge is -2.27. The van der Waals surface area contributed by atoms with Gasteiger partial charge in [-0.25, -0.2) is 18.6 Å². The van der Waals surface area contributed by atoms with Gasteiger partial charge in [-0.2, -0.15) is 10.5 Å². The van der Waals surface area contributed by atoms with Crippen molar-refractivity contribution in [3.63, 3.8) is 0 Å². The van der Waals surface area contributed by atoms with Gasteiger partial charge in [-0.1, -0.05) is 0 Å². The van der Waals surface area contributed by atoms with E-state index in [1.165, 1.54) is 36.7 Å². The maximum absolute atomic E-state index is 14.9. The zero-order chi connectivity index (χ0) is 31.5. The molecule has 0 spiro atoms. The molecule has 0 radical (unpaired) electrons. The summed E-state index contributed by atoms with van der Waals surface area (Å²) in [7, 11) is 0. The van der Waals surface area contributed by atoms with E-state index in [-0.39, 0.29) is 52.8 Å². The largest absolute Gasteiger partial charge is 0.484 e. The summed E-state index contributed by atoms with van der Waals surface area (Å²) >= 11 is 0. The fraction of sp³-hybridized carbons (Fsp3) is 0.188. The number of nitriles is 2. The van der Waals surface area contributed by atoms with Gasteiger partial charge in [0.15, 0.2) is 17.4 Å². The highest BCUT2D eigenvalue weighted by Gasteiger charge is 2.25. The summed E-state index contributed by atoms with van der Waals surface area (Å²) in [5, 5.41) is 28.3. The van der Waals surface area contributed by atoms with Gasteiger partial charge in [-0.15, -0.1) is 0 Å². The highest BCUT2D eigenvalue weighted by atomic mass is 19.1. The van der Waals surface area contributed by atoms with E-state index in [9.17, 15) is 23.9 Å². The first-order valence-corrected chi connectivity index (χ1v) is 13.7. The Bertz CT molecular complexity index is 2030. The highest BCUT2D eigenvalue weighted by molar-refractivity contribution is 5.92. The van der Waals surface area contributed by atoms with Crippen molar-refractivity contribution in [2.45, 2.75) is 32.1 Å². The quantitative estimate of drug-likeness (QED) is 0.221. The lowest BCUT2D eigenvalue weighted by molar-refractivity contribution is -0.0589. The number of nitrogens with zero attached hydrogens (tertiary/aromatic N) is 6. The number of aromatic carboxylic acids is 1. The average Bonchev–Trinajstić information content (AvgIpc) is 3.36. The number of pyridine rings is 2. The number of hydrogen-bond acceptors (Lipinski definition) is 9. The van der Waals surface area contributed by atoms with Crippen molar-refractivity contribution < 1.29 is 32.9 Å². The first-order chi connectivity index (χ1) is 21.8. The van der Waals surface area contributed by atoms with Crippen LogP contribution >= 0.6 is 0 Å². The number of halogens is 2. The molecule has 3 aromatic heterocycles. The first-order valence-electron chi connectivity index (χ1n) is 13.7. The number of carbonyl (C=O) groups is 1. The van der Waals surface area contributed by atoms with E-state index in [1.807, 2.05) is 6.07 Å². The molecule has 224 valence electrons. The number of rotatable bonds is 10. The summed E-state index contributed by atoms with van der Waals surface area (Å²) in [5.74, 6) is -1.69. The van der Waals surface area contributed by atoms with Crippen LogP contribution in [0.25, 0.3) is 11.0 Å². The van der Waals surface area contributed by atoms with Crippen LogP contribution in [0.4, 0.5) is 8.78 Å². The molecule has 1 aliphatic heterocycles. The summed E-state index contributed by atoms with van der Waals surface area (Å²) in [6.07, 6.45) is 3.65. The van der Waals surface area contributed by atoms with Crippen molar-refractivity contribution in [2.24, 2.45) is 0 Å². The van der Waals surface area contributed by atoms with Gasteiger partial charge in [-0.3, -0.25) is 9.97 Å². The summed E-state index contributed by atoms with van der Waals surface area (Å²) in [5.41, 5.74) is 1.31. The Morgan fingerprint density at radius 3 is 2.62 bits per heavy atom. The maximum Gasteiger partial charge on any atom is 0.335 e. The molecule has 0 unspecified atom stereocenters. The molecule has 1 N–H and O–H groups in total. The molecule has 1 aliphatic rings. The van der Waals surface area contributed by atoms with Crippen molar-refractivity contribution in [3.8, 4) is 29.4 Å². The van der Waals surface area contributed by atoms with Crippen LogP contribution in [0.15, 0.2) is 60.9 Å². The Morgan fingerprint density at radius 2 is 1.91 bits per heavy atom. The molecule has 1 atom stereocenters. The van der Waals surface area contributed by atoms with E-state index in [4.69, 9.17) is 19.5 Å². The Kier molecular flexibility index (Phi) is 8.01. The van der Waals surface area contributed by atoms with Crippen LogP contribution < -0.4 is 9.47 Å². The van der Waals surface area contributed by atoms with Gasteiger partial charge in [0, 0.05) is 31.4 Å². The minimum atomic E-state index is -1.26. The minimum Gasteiger partial charge on any atom is -0.484 e. The predicted molar refractivity (Wildman–Crippen MR) is 153 cm³/mol. The smallest absolute Gasteiger partial charge is 0.335 e. The SMILES string of the molecule is N#Cc1ccc(OCc2cc(Oc3cnc(Cc4nc5c(F)cc(C(=O)O)cc5n4C[C@@H]4CCO4)c(C#N)c3)ccn2)c(F)c1. The van der Waals surface area contributed by atoms with Crippen molar-refractivity contribution in [1.29, 1.82) is 10.5 Å². The lowest BCUT2D eigenvalue weighted by Crippen LogP contribution is -2.31. The summed E-state index contributed by atoms with van der Waals surface area (Å²) < 4.78 is 47.7. The van der Waals surface area contributed by atoms with Crippen LogP contribution in [-0.4, -0.2) is 43.3 Å². The maximum atomic E-state index is 14.9. The molecule has 5 aromatic rings. The van der Waals surface area contributed by atoms with Crippen molar-refractivity contribution in [1.82, 2.24) is 19.5 Å². The second-order valence-electron chi connectivity index (χ2n) is 10.1. The molecule has 0 bridgehead atoms. The van der Waals surface area contributed by atoms with Crippen molar-refractivity contribution >= 4 is 17.0 Å². The lowest BCUT2D eigenvalue weighted by atomic mass is 10.1. The number of fused-ring (bicyclic) bond motifs is 1. The Morgan fingerprint density at radius 1 is 1.07 bits per heavy atom. The van der Waals surface area contributed by atoms with E-state index in [0.29, 0.717) is 41.6 Å². The molecular formula is C32H22F2N6O5. The van der Waals surface area contributed by atoms with E-state index < -0.39 is 17.6 Å². The summed E-state index contributed by atoms with van der Waals surface area (Å²) in [6, 6.07) is 14.9. The standard InChI is InChI=1S/C32H22F2N6O5/c33-25-7-18(13-35)1-2-29(25)44-17-21-11-22(3-5-37-21)45-24-8-20(14-36)27(38-15-24)12-30-39-31-26(34)9-19(32(41)42)10-28(31)40(30)16-23-4-6-43-23/h1-3,5,7-11,15,23H,4,6,12,16-17H2,(H,41,42)/t23-/m0/s1. The van der Waals surface area contributed by atoms with E-state index in [0.717, 1.165) is 18.6 Å². The van der Waals surface area contributed by atoms with Crippen LogP contribution in [0.1, 0.15) is 45.1 Å². The van der Waals surface area contributed by atoms with Crippen molar-refractivity contribution in [3.05, 3.63) is 106 Å². The normalized spacial score (nSPS) is 13.9. The van der Waals surface area contributed by atoms with Gasteiger partial charge in [0.1, 0.15) is 35.5 Å². The van der Waals surface area contributed by atoms with Gasteiger partial charge in [0.2, 0.25) is 0 Å². The Labute approximate surface area is 254 Å². The number of carboxylic acid groups (broad SMARTS) is 1. The number of carboxylic acids is 1. The van der Waals surface area contributed by atoms with Gasteiger partial charge >= 0.3 is 5.97 Å². The van der Waals surface area contributed by atoms with Gasteiger partial charge < -0.3 is 23.9 Å². The number of imidazole rings is 1. The zero-order valence-electron chi connectivity index (χ0n) is 23.4. The van der Waals surface area contributed by atoms with Gasteiger partial charge in [0.05, 0.1) is 58.5 Å². The molecule has 2 aromatic carbocycles. The van der Waals surface area contributed by atoms with Crippen LogP contribution in [0, 0.1) is 34.3 Å². The number of ether oxygens (including phenoxy) is 3. The number of aromatic nitrogens is 4. The van der Waals surface area contributed by atoms with E-state index >= 15 is 0 Å². The molecule has 1 saturated heterocycles. The van der Waals surface area contributed by atoms with Crippen molar-refractivity contribution in [2.75, 3.05) is 6.61 Å². The number of hydrogen-bond donors (Lipinski definition) is 1. The molecule has 1 fully saturated rings. The van der Waals surface area contributed by atoms with Crippen LogP contribution in [0.2, 0.25) is 0 Å². The summed E-state index contributed by atoms with van der Waals surface area (Å²) in [4.78, 5) is 24.7.